The Morgan fingerprint density at radius 1 is 1.11 bits per heavy atom. The van der Waals surface area contributed by atoms with Crippen molar-refractivity contribution in [2.24, 2.45) is 0 Å². The first-order chi connectivity index (χ1) is 8.70. The maximum absolute atomic E-state index is 11.2. The predicted molar refractivity (Wildman–Crippen MR) is 75.4 cm³/mol. The maximum atomic E-state index is 11.2. The molecule has 0 aliphatic carbocycles. The molecule has 0 saturated heterocycles. The van der Waals surface area contributed by atoms with Gasteiger partial charge in [-0.25, -0.2) is 4.79 Å². The summed E-state index contributed by atoms with van der Waals surface area (Å²) in [6, 6.07) is 7.29. The lowest BCUT2D eigenvalue weighted by Gasteiger charge is -2.26. The van der Waals surface area contributed by atoms with Crippen LogP contribution in [0.3, 0.4) is 0 Å². The number of unbranched alkanes of at least 4 members (excludes halogenated alkanes) is 2. The molecule has 1 aromatic carbocycles. The number of aromatic carboxylic acids is 1. The second kappa shape index (κ2) is 7.75. The third kappa shape index (κ3) is 4.06. The van der Waals surface area contributed by atoms with Crippen LogP contribution in [0.2, 0.25) is 0 Å². The summed E-state index contributed by atoms with van der Waals surface area (Å²) in [5.41, 5.74) is 1.26. The van der Waals surface area contributed by atoms with Gasteiger partial charge in [-0.1, -0.05) is 38.8 Å². The molecule has 0 aromatic heterocycles. The minimum Gasteiger partial charge on any atom is -0.478 e. The van der Waals surface area contributed by atoms with Gasteiger partial charge in [-0.3, -0.25) is 0 Å². The van der Waals surface area contributed by atoms with Crippen LogP contribution in [0, 0.1) is 0 Å². The quantitative estimate of drug-likeness (QED) is 0.762. The number of carbonyl (C=O) groups is 1. The van der Waals surface area contributed by atoms with Gasteiger partial charge in [-0.15, -0.1) is 0 Å². The van der Waals surface area contributed by atoms with Gasteiger partial charge in [0.1, 0.15) is 0 Å². The summed E-state index contributed by atoms with van der Waals surface area (Å²) in [5.74, 6) is -0.844. The second-order valence-corrected chi connectivity index (χ2v) is 4.52. The Labute approximate surface area is 109 Å². The molecular formula is C15H23NO2. The van der Waals surface area contributed by atoms with Crippen LogP contribution in [-0.2, 0) is 0 Å². The van der Waals surface area contributed by atoms with E-state index in [9.17, 15) is 9.90 Å². The lowest BCUT2D eigenvalue weighted by molar-refractivity contribution is 0.0697. The minimum absolute atomic E-state index is 0.407. The monoisotopic (exact) mass is 249 g/mol. The summed E-state index contributed by atoms with van der Waals surface area (Å²) in [6.07, 6.45) is 4.44. The number of rotatable bonds is 8. The molecule has 0 radical (unpaired) electrons. The summed E-state index contributed by atoms with van der Waals surface area (Å²) in [5, 5.41) is 9.24. The van der Waals surface area contributed by atoms with E-state index in [2.05, 4.69) is 18.7 Å². The van der Waals surface area contributed by atoms with Gasteiger partial charge in [0.25, 0.3) is 0 Å². The van der Waals surface area contributed by atoms with Crippen LogP contribution in [0.5, 0.6) is 0 Å². The zero-order valence-electron chi connectivity index (χ0n) is 11.4. The summed E-state index contributed by atoms with van der Waals surface area (Å²) in [4.78, 5) is 13.5. The van der Waals surface area contributed by atoms with Gasteiger partial charge < -0.3 is 10.0 Å². The molecule has 3 heteroatoms. The molecule has 0 aliphatic rings. The third-order valence-corrected chi connectivity index (χ3v) is 3.04. The standard InChI is InChI=1S/C15H23NO2/c1-3-5-11-16(12-6-4-2)14-10-8-7-9-13(14)15(17)18/h7-10H,3-6,11-12H2,1-2H3,(H,17,18). The summed E-state index contributed by atoms with van der Waals surface area (Å²) < 4.78 is 0. The van der Waals surface area contributed by atoms with Crippen molar-refractivity contribution in [1.29, 1.82) is 0 Å². The second-order valence-electron chi connectivity index (χ2n) is 4.52. The number of nitrogens with zero attached hydrogens (tertiary/aromatic N) is 1. The number of carboxylic acid groups (broad SMARTS) is 1. The Kier molecular flexibility index (Phi) is 6.26. The van der Waals surface area contributed by atoms with Crippen molar-refractivity contribution in [2.45, 2.75) is 39.5 Å². The van der Waals surface area contributed by atoms with Gasteiger partial charge in [0.05, 0.1) is 11.3 Å². The number of carboxylic acids is 1. The molecule has 0 heterocycles. The van der Waals surface area contributed by atoms with Crippen molar-refractivity contribution in [2.75, 3.05) is 18.0 Å². The van der Waals surface area contributed by atoms with Gasteiger partial charge >= 0.3 is 5.97 Å². The van der Waals surface area contributed by atoms with Gasteiger partial charge in [-0.05, 0) is 25.0 Å². The van der Waals surface area contributed by atoms with Crippen LogP contribution < -0.4 is 4.90 Å². The van der Waals surface area contributed by atoms with E-state index >= 15 is 0 Å². The number of para-hydroxylation sites is 1. The lowest BCUT2D eigenvalue weighted by Crippen LogP contribution is -2.27. The smallest absolute Gasteiger partial charge is 0.337 e. The topological polar surface area (TPSA) is 40.5 Å². The highest BCUT2D eigenvalue weighted by Crippen LogP contribution is 2.21. The minimum atomic E-state index is -0.844. The number of hydrogen-bond donors (Lipinski definition) is 1. The highest BCUT2D eigenvalue weighted by atomic mass is 16.4. The van der Waals surface area contributed by atoms with Gasteiger partial charge in [0.15, 0.2) is 0 Å². The molecule has 0 spiro atoms. The van der Waals surface area contributed by atoms with Crippen molar-refractivity contribution in [3.63, 3.8) is 0 Å². The maximum Gasteiger partial charge on any atom is 0.337 e. The molecule has 0 saturated carbocycles. The molecule has 1 aromatic rings. The Morgan fingerprint density at radius 2 is 1.67 bits per heavy atom. The molecule has 1 N–H and O–H groups in total. The van der Waals surface area contributed by atoms with Crippen molar-refractivity contribution in [1.82, 2.24) is 0 Å². The molecular weight excluding hydrogens is 226 g/mol. The van der Waals surface area contributed by atoms with Gasteiger partial charge in [0, 0.05) is 13.1 Å². The molecule has 3 nitrogen and oxygen atoms in total. The number of hydrogen-bond acceptors (Lipinski definition) is 2. The van der Waals surface area contributed by atoms with Crippen molar-refractivity contribution >= 4 is 11.7 Å². The third-order valence-electron chi connectivity index (χ3n) is 3.04. The van der Waals surface area contributed by atoms with Crippen LogP contribution in [0.15, 0.2) is 24.3 Å². The SMILES string of the molecule is CCCCN(CCCC)c1ccccc1C(=O)O. The van der Waals surface area contributed by atoms with E-state index in [0.717, 1.165) is 44.5 Å². The molecule has 100 valence electrons. The van der Waals surface area contributed by atoms with E-state index in [4.69, 9.17) is 0 Å². The first-order valence-electron chi connectivity index (χ1n) is 6.78. The van der Waals surface area contributed by atoms with Crippen LogP contribution in [0.1, 0.15) is 49.9 Å². The van der Waals surface area contributed by atoms with E-state index in [1.54, 1.807) is 12.1 Å². The van der Waals surface area contributed by atoms with E-state index in [1.807, 2.05) is 12.1 Å². The normalized spacial score (nSPS) is 10.3. The first-order valence-corrected chi connectivity index (χ1v) is 6.78. The molecule has 0 bridgehead atoms. The van der Waals surface area contributed by atoms with Crippen molar-refractivity contribution in [3.8, 4) is 0 Å². The Bertz CT molecular complexity index is 369. The highest BCUT2D eigenvalue weighted by Gasteiger charge is 2.14. The molecule has 1 rings (SSSR count). The molecule has 18 heavy (non-hydrogen) atoms. The number of benzene rings is 1. The fourth-order valence-electron chi connectivity index (χ4n) is 1.98. The zero-order valence-corrected chi connectivity index (χ0v) is 11.4. The highest BCUT2D eigenvalue weighted by molar-refractivity contribution is 5.94. The van der Waals surface area contributed by atoms with E-state index in [-0.39, 0.29) is 0 Å². The van der Waals surface area contributed by atoms with E-state index in [0.29, 0.717) is 5.56 Å². The Hall–Kier alpha value is -1.51. The first kappa shape index (κ1) is 14.6. The molecule has 0 aliphatic heterocycles. The Balaban J connectivity index is 2.92. The van der Waals surface area contributed by atoms with Crippen LogP contribution in [-0.4, -0.2) is 24.2 Å². The average molecular weight is 249 g/mol. The fourth-order valence-corrected chi connectivity index (χ4v) is 1.98. The summed E-state index contributed by atoms with van der Waals surface area (Å²) in [6.45, 7) is 6.17. The average Bonchev–Trinajstić information content (AvgIpc) is 2.39. The molecule has 0 fully saturated rings. The Morgan fingerprint density at radius 3 is 2.17 bits per heavy atom. The largest absolute Gasteiger partial charge is 0.478 e. The van der Waals surface area contributed by atoms with Gasteiger partial charge in [0.2, 0.25) is 0 Å². The van der Waals surface area contributed by atoms with Crippen molar-refractivity contribution < 1.29 is 9.90 Å². The van der Waals surface area contributed by atoms with E-state index in [1.165, 1.54) is 0 Å². The van der Waals surface area contributed by atoms with Crippen LogP contribution in [0.25, 0.3) is 0 Å². The summed E-state index contributed by atoms with van der Waals surface area (Å²) in [7, 11) is 0. The fraction of sp³-hybridized carbons (Fsp3) is 0.533. The van der Waals surface area contributed by atoms with Gasteiger partial charge in [-0.2, -0.15) is 0 Å². The molecule has 0 amide bonds. The predicted octanol–water partition coefficient (Wildman–Crippen LogP) is 3.79. The molecule has 0 unspecified atom stereocenters. The molecule has 0 atom stereocenters. The van der Waals surface area contributed by atoms with Crippen molar-refractivity contribution in [3.05, 3.63) is 29.8 Å². The lowest BCUT2D eigenvalue weighted by atomic mass is 10.1. The summed E-state index contributed by atoms with van der Waals surface area (Å²) >= 11 is 0. The van der Waals surface area contributed by atoms with Crippen LogP contribution >= 0.6 is 0 Å². The van der Waals surface area contributed by atoms with E-state index < -0.39 is 5.97 Å². The number of anilines is 1. The zero-order chi connectivity index (χ0) is 13.4. The van der Waals surface area contributed by atoms with Crippen LogP contribution in [0.4, 0.5) is 5.69 Å².